The topological polar surface area (TPSA) is 49.4 Å². The average molecular weight is 317 g/mol. The molecular weight excluding hydrogens is 307 g/mol. The molecule has 0 amide bonds. The fourth-order valence-corrected chi connectivity index (χ4v) is 2.24. The molecule has 88 valence electrons. The summed E-state index contributed by atoms with van der Waals surface area (Å²) >= 11 is 3.38. The molecule has 0 aliphatic heterocycles. The van der Waals surface area contributed by atoms with Gasteiger partial charge in [-0.05, 0) is 29.0 Å². The maximum atomic E-state index is 10.8. The normalized spacial score (nSPS) is 9.89. The Balaban J connectivity index is 0.00000162. The fourth-order valence-electron chi connectivity index (χ4n) is 1.86. The molecule has 0 aliphatic rings. The van der Waals surface area contributed by atoms with E-state index in [4.69, 9.17) is 4.74 Å². The quantitative estimate of drug-likeness (QED) is 0.676. The first-order chi connectivity index (χ1) is 8.11. The summed E-state index contributed by atoms with van der Waals surface area (Å²) in [7, 11) is 1.53. The summed E-state index contributed by atoms with van der Waals surface area (Å²) in [4.78, 5) is 10.8. The molecule has 0 atom stereocenters. The van der Waals surface area contributed by atoms with Gasteiger partial charge in [-0.15, -0.1) is 0 Å². The van der Waals surface area contributed by atoms with Gasteiger partial charge in [0.2, 0.25) is 0 Å². The number of carbonyl (C=O) groups excluding carboxylic acids is 1. The van der Waals surface area contributed by atoms with Crippen molar-refractivity contribution >= 4 is 32.7 Å². The van der Waals surface area contributed by atoms with Crippen molar-refractivity contribution in [1.82, 2.24) is 0 Å². The van der Waals surface area contributed by atoms with Gasteiger partial charge < -0.3 is 14.6 Å². The number of ether oxygens (including phenoxy) is 1. The largest absolute Gasteiger partial charge is 1.00 e. The van der Waals surface area contributed by atoms with E-state index in [1.54, 1.807) is 6.07 Å². The van der Waals surface area contributed by atoms with Gasteiger partial charge in [-0.25, -0.2) is 0 Å². The first-order valence-corrected chi connectivity index (χ1v) is 5.86. The number of methoxy groups -OCH3 is 1. The van der Waals surface area contributed by atoms with Crippen LogP contribution in [0.3, 0.4) is 0 Å². The minimum absolute atomic E-state index is 0. The summed E-state index contributed by atoms with van der Waals surface area (Å²) in [5, 5.41) is 12.6. The van der Waals surface area contributed by atoms with Gasteiger partial charge >= 0.3 is 29.6 Å². The van der Waals surface area contributed by atoms with E-state index in [1.807, 2.05) is 24.3 Å². The summed E-state index contributed by atoms with van der Waals surface area (Å²) in [6.07, 6.45) is -0.151. The van der Waals surface area contributed by atoms with Gasteiger partial charge in [0.05, 0.1) is 7.11 Å². The molecule has 0 unspecified atom stereocenters. The van der Waals surface area contributed by atoms with E-state index >= 15 is 0 Å². The molecule has 0 bridgehead atoms. The Kier molecular flexibility index (Phi) is 5.66. The second-order valence-electron chi connectivity index (χ2n) is 3.66. The Morgan fingerprint density at radius 3 is 2.67 bits per heavy atom. The Morgan fingerprint density at radius 1 is 1.33 bits per heavy atom. The molecule has 0 spiro atoms. The molecule has 0 heterocycles. The van der Waals surface area contributed by atoms with Crippen molar-refractivity contribution in [2.75, 3.05) is 7.11 Å². The number of aliphatic carboxylic acids is 1. The fraction of sp³-hybridized carbons (Fsp3) is 0.154. The smallest absolute Gasteiger partial charge is 0.550 e. The number of hydrogen-bond donors (Lipinski definition) is 0. The van der Waals surface area contributed by atoms with Crippen molar-refractivity contribution in [3.05, 3.63) is 40.4 Å². The van der Waals surface area contributed by atoms with Crippen LogP contribution in [-0.2, 0) is 11.2 Å². The van der Waals surface area contributed by atoms with Crippen LogP contribution in [0.5, 0.6) is 5.75 Å². The molecular formula is C13H10BrNaO3. The van der Waals surface area contributed by atoms with Crippen molar-refractivity contribution < 1.29 is 44.2 Å². The summed E-state index contributed by atoms with van der Waals surface area (Å²) in [6, 6.07) is 9.36. The standard InChI is InChI=1S/C13H11BrO3.Na/c1-17-12-5-2-8-6-9(14)3-4-10(8)11(12)7-13(15)16;/h2-6H,7H2,1H3,(H,15,16);/q;+1/p-1. The van der Waals surface area contributed by atoms with E-state index in [0.717, 1.165) is 15.2 Å². The Labute approximate surface area is 136 Å². The van der Waals surface area contributed by atoms with Crippen LogP contribution in [0.15, 0.2) is 34.8 Å². The van der Waals surface area contributed by atoms with Crippen molar-refractivity contribution in [1.29, 1.82) is 0 Å². The average Bonchev–Trinajstić information content (AvgIpc) is 2.28. The van der Waals surface area contributed by atoms with Gasteiger partial charge in [-0.3, -0.25) is 0 Å². The molecule has 3 nitrogen and oxygen atoms in total. The van der Waals surface area contributed by atoms with Crippen LogP contribution < -0.4 is 39.4 Å². The SMILES string of the molecule is COc1ccc2cc(Br)ccc2c1CC(=O)[O-].[Na+]. The number of carboxylic acids is 1. The Hall–Kier alpha value is -0.550. The Bertz CT molecular complexity index is 584. The van der Waals surface area contributed by atoms with E-state index in [-0.39, 0.29) is 36.0 Å². The van der Waals surface area contributed by atoms with Gasteiger partial charge in [0.25, 0.3) is 0 Å². The molecule has 0 aromatic heterocycles. The summed E-state index contributed by atoms with van der Waals surface area (Å²) in [5.41, 5.74) is 0.650. The second-order valence-corrected chi connectivity index (χ2v) is 4.58. The van der Waals surface area contributed by atoms with Crippen molar-refractivity contribution in [2.45, 2.75) is 6.42 Å². The molecule has 18 heavy (non-hydrogen) atoms. The zero-order valence-corrected chi connectivity index (χ0v) is 13.8. The maximum absolute atomic E-state index is 10.8. The van der Waals surface area contributed by atoms with Gasteiger partial charge in [-0.2, -0.15) is 0 Å². The van der Waals surface area contributed by atoms with Crippen molar-refractivity contribution in [3.63, 3.8) is 0 Å². The zero-order valence-electron chi connectivity index (χ0n) is 10.2. The second kappa shape index (κ2) is 6.57. The summed E-state index contributed by atoms with van der Waals surface area (Å²) in [5.74, 6) is -0.539. The molecule has 2 rings (SSSR count). The van der Waals surface area contributed by atoms with Crippen molar-refractivity contribution in [2.24, 2.45) is 0 Å². The third-order valence-electron chi connectivity index (χ3n) is 2.59. The third kappa shape index (κ3) is 3.26. The molecule has 0 saturated heterocycles. The van der Waals surface area contributed by atoms with Crippen LogP contribution in [0.1, 0.15) is 5.56 Å². The van der Waals surface area contributed by atoms with Gasteiger partial charge in [0.15, 0.2) is 0 Å². The zero-order chi connectivity index (χ0) is 12.4. The first-order valence-electron chi connectivity index (χ1n) is 5.07. The van der Waals surface area contributed by atoms with Crippen LogP contribution in [0.4, 0.5) is 0 Å². The molecule has 0 aliphatic carbocycles. The predicted molar refractivity (Wildman–Crippen MR) is 66.9 cm³/mol. The van der Waals surface area contributed by atoms with Crippen LogP contribution in [0, 0.1) is 0 Å². The number of halogens is 1. The van der Waals surface area contributed by atoms with E-state index < -0.39 is 5.97 Å². The molecule has 0 saturated carbocycles. The van der Waals surface area contributed by atoms with E-state index in [2.05, 4.69) is 15.9 Å². The summed E-state index contributed by atoms with van der Waals surface area (Å²) < 4.78 is 6.14. The number of hydrogen-bond acceptors (Lipinski definition) is 3. The minimum Gasteiger partial charge on any atom is -0.550 e. The minimum atomic E-state index is -1.11. The van der Waals surface area contributed by atoms with E-state index in [1.165, 1.54) is 7.11 Å². The van der Waals surface area contributed by atoms with Crippen molar-refractivity contribution in [3.8, 4) is 5.75 Å². The van der Waals surface area contributed by atoms with Gasteiger partial charge in [0.1, 0.15) is 5.75 Å². The number of benzene rings is 2. The number of rotatable bonds is 3. The van der Waals surface area contributed by atoms with Crippen LogP contribution >= 0.6 is 15.9 Å². The third-order valence-corrected chi connectivity index (χ3v) is 3.08. The Morgan fingerprint density at radius 2 is 2.06 bits per heavy atom. The number of carboxylic acid groups (broad SMARTS) is 1. The molecule has 2 aromatic rings. The van der Waals surface area contributed by atoms with E-state index in [0.29, 0.717) is 11.3 Å². The molecule has 5 heteroatoms. The number of carbonyl (C=O) groups is 1. The number of fused-ring (bicyclic) bond motifs is 1. The van der Waals surface area contributed by atoms with Gasteiger partial charge in [0, 0.05) is 22.4 Å². The molecule has 0 radical (unpaired) electrons. The van der Waals surface area contributed by atoms with Crippen LogP contribution in [0.2, 0.25) is 0 Å². The summed E-state index contributed by atoms with van der Waals surface area (Å²) in [6.45, 7) is 0. The maximum Gasteiger partial charge on any atom is 1.00 e. The van der Waals surface area contributed by atoms with Gasteiger partial charge in [-0.1, -0.05) is 28.1 Å². The first kappa shape index (κ1) is 15.5. The van der Waals surface area contributed by atoms with Crippen LogP contribution in [0.25, 0.3) is 10.8 Å². The van der Waals surface area contributed by atoms with E-state index in [9.17, 15) is 9.90 Å². The molecule has 0 fully saturated rings. The monoisotopic (exact) mass is 316 g/mol. The predicted octanol–water partition coefficient (Wildman–Crippen LogP) is -1.09. The molecule has 0 N–H and O–H groups in total. The van der Waals surface area contributed by atoms with Crippen LogP contribution in [-0.4, -0.2) is 13.1 Å². The molecule has 2 aromatic carbocycles.